The van der Waals surface area contributed by atoms with Crippen molar-refractivity contribution in [2.45, 2.75) is 18.6 Å². The molecule has 0 aromatic heterocycles. The summed E-state index contributed by atoms with van der Waals surface area (Å²) in [7, 11) is 0. The maximum absolute atomic E-state index is 7.59. The fraction of sp³-hybridized carbons (Fsp3) is 0.455. The van der Waals surface area contributed by atoms with Crippen LogP contribution in [0.2, 0.25) is 5.02 Å². The summed E-state index contributed by atoms with van der Waals surface area (Å²) >= 11 is 12.7. The summed E-state index contributed by atoms with van der Waals surface area (Å²) in [5.74, 6) is 0. The summed E-state index contributed by atoms with van der Waals surface area (Å²) < 4.78 is 83.4. The maximum atomic E-state index is 7.59. The molecule has 1 aromatic rings. The van der Waals surface area contributed by atoms with Crippen LogP contribution in [0.4, 0.5) is 0 Å². The lowest BCUT2D eigenvalue weighted by molar-refractivity contribution is 0.280. The van der Waals surface area contributed by atoms with E-state index < -0.39 is 32.5 Å². The molecule has 0 saturated carbocycles. The number of benzene rings is 1. The number of thioether (sulfide) groups is 1. The smallest absolute Gasteiger partial charge is 0.248 e. The zero-order valence-corrected chi connectivity index (χ0v) is 13.0. The van der Waals surface area contributed by atoms with Gasteiger partial charge in [0, 0.05) is 18.1 Å². The molecule has 0 aliphatic heterocycles. The van der Waals surface area contributed by atoms with Crippen LogP contribution in [-0.4, -0.2) is 18.2 Å². The minimum atomic E-state index is -4.07. The van der Waals surface area contributed by atoms with Crippen molar-refractivity contribution in [2.24, 2.45) is 0 Å². The summed E-state index contributed by atoms with van der Waals surface area (Å²) in [5, 5.41) is 0.582. The lowest BCUT2D eigenvalue weighted by Gasteiger charge is -2.19. The standard InChI is InChI=1S/C11H16ClO2PS3/c1-3-13-15(16,14-4-2)18-9-17-11-7-5-10(12)6-8-11/h5-8H,3-4,9H2,1-2H3/i1D3,2D3,3D2,4D2. The molecule has 0 unspecified atom stereocenters. The van der Waals surface area contributed by atoms with Crippen molar-refractivity contribution in [1.82, 2.24) is 0 Å². The third kappa shape index (κ3) is 6.29. The second-order valence-corrected chi connectivity index (χ2v) is 10.7. The molecule has 1 rings (SSSR count). The Morgan fingerprint density at radius 1 is 1.33 bits per heavy atom. The topological polar surface area (TPSA) is 18.5 Å². The van der Waals surface area contributed by atoms with Gasteiger partial charge in [-0.05, 0) is 49.8 Å². The Morgan fingerprint density at radius 2 is 1.94 bits per heavy atom. The van der Waals surface area contributed by atoms with Crippen molar-refractivity contribution in [1.29, 1.82) is 0 Å². The number of halogens is 1. The van der Waals surface area contributed by atoms with E-state index >= 15 is 0 Å². The van der Waals surface area contributed by atoms with E-state index in [-0.39, 0.29) is 5.08 Å². The second kappa shape index (κ2) is 8.85. The van der Waals surface area contributed by atoms with E-state index in [2.05, 4.69) is 0 Å². The Balaban J connectivity index is 3.03. The van der Waals surface area contributed by atoms with Gasteiger partial charge in [0.1, 0.15) is 0 Å². The first kappa shape index (κ1) is 7.17. The molecule has 0 N–H and O–H groups in total. The van der Waals surface area contributed by atoms with Gasteiger partial charge in [-0.15, -0.1) is 11.8 Å². The van der Waals surface area contributed by atoms with Gasteiger partial charge in [0.2, 0.25) is 5.69 Å². The number of hydrogen-bond donors (Lipinski definition) is 0. The van der Waals surface area contributed by atoms with Gasteiger partial charge in [0.05, 0.1) is 23.7 Å². The van der Waals surface area contributed by atoms with Gasteiger partial charge < -0.3 is 9.05 Å². The quantitative estimate of drug-likeness (QED) is 0.352. The SMILES string of the molecule is [2H]C([2H])([2H])C([2H])([2H])OP(=S)(OC([2H])([2H])C([2H])([2H])[2H])SCSc1ccc(Cl)cc1. The molecule has 18 heavy (non-hydrogen) atoms. The van der Waals surface area contributed by atoms with Crippen LogP contribution in [0.1, 0.15) is 27.4 Å². The zero-order chi connectivity index (χ0) is 22.0. The number of rotatable bonds is 8. The molecule has 0 spiro atoms. The highest BCUT2D eigenvalue weighted by atomic mass is 35.5. The van der Waals surface area contributed by atoms with Crippen molar-refractivity contribution >= 4 is 52.2 Å². The van der Waals surface area contributed by atoms with Crippen molar-refractivity contribution < 1.29 is 22.8 Å². The second-order valence-electron chi connectivity index (χ2n) is 2.68. The third-order valence-electron chi connectivity index (χ3n) is 1.56. The van der Waals surface area contributed by atoms with Gasteiger partial charge >= 0.3 is 0 Å². The first-order valence-corrected chi connectivity index (χ1v) is 10.0. The fourth-order valence-corrected chi connectivity index (χ4v) is 6.53. The minimum Gasteiger partial charge on any atom is -0.322 e. The summed E-state index contributed by atoms with van der Waals surface area (Å²) in [4.78, 5) is 0.746. The van der Waals surface area contributed by atoms with E-state index in [0.29, 0.717) is 16.4 Å². The maximum Gasteiger partial charge on any atom is 0.248 e. The molecule has 2 nitrogen and oxygen atoms in total. The molecule has 0 aliphatic carbocycles. The van der Waals surface area contributed by atoms with Crippen LogP contribution in [0, 0.1) is 0 Å². The lowest BCUT2D eigenvalue weighted by Crippen LogP contribution is -1.92. The van der Waals surface area contributed by atoms with E-state index in [1.165, 1.54) is 11.8 Å². The van der Waals surface area contributed by atoms with E-state index in [9.17, 15) is 0 Å². The van der Waals surface area contributed by atoms with Crippen molar-refractivity contribution in [2.75, 3.05) is 18.2 Å². The van der Waals surface area contributed by atoms with Gasteiger partial charge in [-0.2, -0.15) is 0 Å². The van der Waals surface area contributed by atoms with E-state index in [1.807, 2.05) is 0 Å². The highest BCUT2D eigenvalue weighted by molar-refractivity contribution is 8.69. The average Bonchev–Trinajstić information content (AvgIpc) is 2.45. The Bertz CT molecular complexity index is 678. The van der Waals surface area contributed by atoms with Crippen molar-refractivity contribution in [3.05, 3.63) is 29.3 Å². The molecular formula is C11H16ClO2PS3. The lowest BCUT2D eigenvalue weighted by atomic mass is 10.4. The molecule has 0 radical (unpaired) electrons. The average molecular weight is 353 g/mol. The van der Waals surface area contributed by atoms with E-state index in [0.717, 1.165) is 4.90 Å². The van der Waals surface area contributed by atoms with Gasteiger partial charge in [-0.3, -0.25) is 0 Å². The third-order valence-corrected chi connectivity index (χ3v) is 8.00. The fourth-order valence-electron chi connectivity index (χ4n) is 0.873. The van der Waals surface area contributed by atoms with E-state index in [1.54, 1.807) is 24.3 Å². The van der Waals surface area contributed by atoms with Crippen LogP contribution in [0.3, 0.4) is 0 Å². The summed E-state index contributed by atoms with van der Waals surface area (Å²) in [6.45, 7) is -13.0. The molecule has 0 aliphatic rings. The monoisotopic (exact) mass is 352 g/mol. The largest absolute Gasteiger partial charge is 0.322 e. The predicted molar refractivity (Wildman–Crippen MR) is 87.3 cm³/mol. The molecule has 0 fully saturated rings. The van der Waals surface area contributed by atoms with Crippen molar-refractivity contribution in [3.63, 3.8) is 0 Å². The Morgan fingerprint density at radius 3 is 2.50 bits per heavy atom. The molecular weight excluding hydrogens is 327 g/mol. The van der Waals surface area contributed by atoms with Crippen LogP contribution in [0.5, 0.6) is 0 Å². The van der Waals surface area contributed by atoms with E-state index in [4.69, 9.17) is 46.2 Å². The summed E-state index contributed by atoms with van der Waals surface area (Å²) in [6.07, 6.45) is 0. The Kier molecular flexibility index (Phi) is 3.53. The Labute approximate surface area is 141 Å². The molecule has 102 valence electrons. The molecule has 0 bridgehead atoms. The number of hydrogen-bond acceptors (Lipinski definition) is 5. The molecule has 0 amide bonds. The molecule has 0 heterocycles. The van der Waals surface area contributed by atoms with Crippen LogP contribution < -0.4 is 0 Å². The molecule has 0 saturated heterocycles. The summed E-state index contributed by atoms with van der Waals surface area (Å²) in [6, 6.07) is 6.67. The Hall–Kier alpha value is 0.780. The van der Waals surface area contributed by atoms with Crippen LogP contribution in [0.15, 0.2) is 29.2 Å². The molecule has 0 atom stereocenters. The van der Waals surface area contributed by atoms with Gasteiger partial charge in [-0.25, -0.2) is 0 Å². The van der Waals surface area contributed by atoms with Gasteiger partial charge in [0.15, 0.2) is 0 Å². The van der Waals surface area contributed by atoms with Gasteiger partial charge in [-0.1, -0.05) is 23.0 Å². The predicted octanol–water partition coefficient (Wildman–Crippen LogP) is 5.42. The molecule has 1 aromatic carbocycles. The normalized spacial score (nSPS) is 22.9. The van der Waals surface area contributed by atoms with Crippen molar-refractivity contribution in [3.8, 4) is 0 Å². The molecule has 7 heteroatoms. The summed E-state index contributed by atoms with van der Waals surface area (Å²) in [5.41, 5.74) is -4.07. The highest BCUT2D eigenvalue weighted by Crippen LogP contribution is 2.61. The van der Waals surface area contributed by atoms with Gasteiger partial charge in [0.25, 0.3) is 0 Å². The van der Waals surface area contributed by atoms with Crippen LogP contribution >= 0.6 is 40.4 Å². The minimum absolute atomic E-state index is 0.0626. The zero-order valence-electron chi connectivity index (χ0n) is 18.9. The van der Waals surface area contributed by atoms with Crippen LogP contribution in [-0.2, 0) is 20.9 Å². The first-order valence-electron chi connectivity index (χ1n) is 9.43. The van der Waals surface area contributed by atoms with Crippen LogP contribution in [0.25, 0.3) is 0 Å². The highest BCUT2D eigenvalue weighted by Gasteiger charge is 2.18. The first-order chi connectivity index (χ1) is 12.4.